The lowest BCUT2D eigenvalue weighted by Gasteiger charge is -2.10. The van der Waals surface area contributed by atoms with E-state index in [0.29, 0.717) is 17.1 Å². The molecule has 5 rings (SSSR count). The number of hydrogen-bond donors (Lipinski definition) is 1. The molecule has 9 nitrogen and oxygen atoms in total. The molecule has 9 heteroatoms. The number of H-pyrrole nitrogens is 1. The number of nitrogen functional groups attached to an aromatic ring is 1. The Kier molecular flexibility index (Phi) is 5.52. The molecule has 0 aliphatic heterocycles. The van der Waals surface area contributed by atoms with E-state index in [0.717, 1.165) is 39.5 Å². The highest BCUT2D eigenvalue weighted by atomic mass is 16.5. The van der Waals surface area contributed by atoms with Crippen LogP contribution in [0.15, 0.2) is 59.4 Å². The van der Waals surface area contributed by atoms with Crippen molar-refractivity contribution in [2.45, 2.75) is 27.3 Å². The number of hydrogen-bond acceptors (Lipinski definition) is 6. The largest absolute Gasteiger partial charge is 0.497 e. The summed E-state index contributed by atoms with van der Waals surface area (Å²) in [4.78, 5) is 25.8. The zero-order chi connectivity index (χ0) is 24.7. The second-order valence-electron chi connectivity index (χ2n) is 8.50. The summed E-state index contributed by atoms with van der Waals surface area (Å²) in [5, 5.41) is 4.74. The van der Waals surface area contributed by atoms with Gasteiger partial charge in [-0.1, -0.05) is 30.3 Å². The molecule has 176 valence electrons. The predicted molar refractivity (Wildman–Crippen MR) is 133 cm³/mol. The van der Waals surface area contributed by atoms with Gasteiger partial charge in [-0.3, -0.25) is 15.7 Å². The van der Waals surface area contributed by atoms with E-state index < -0.39 is 0 Å². The fourth-order valence-corrected chi connectivity index (χ4v) is 4.38. The van der Waals surface area contributed by atoms with Gasteiger partial charge < -0.3 is 4.74 Å². The Morgan fingerprint density at radius 3 is 2.31 bits per heavy atom. The number of fused-ring (bicyclic) bond motifs is 1. The van der Waals surface area contributed by atoms with Crippen molar-refractivity contribution in [2.24, 2.45) is 0 Å². The molecule has 3 N–H and O–H groups in total. The Morgan fingerprint density at radius 1 is 0.943 bits per heavy atom. The average molecular weight is 469 g/mol. The molecular formula is C26H26N7O2+. The molecule has 0 atom stereocenters. The van der Waals surface area contributed by atoms with Gasteiger partial charge in [0.05, 0.1) is 24.9 Å². The van der Waals surface area contributed by atoms with Crippen molar-refractivity contribution in [3.05, 3.63) is 87.9 Å². The number of anilines is 1. The monoisotopic (exact) mass is 468 g/mol. The van der Waals surface area contributed by atoms with E-state index in [-0.39, 0.29) is 18.2 Å². The number of rotatable bonds is 5. The van der Waals surface area contributed by atoms with E-state index in [1.54, 1.807) is 13.2 Å². The summed E-state index contributed by atoms with van der Waals surface area (Å²) >= 11 is 0. The Balaban J connectivity index is 1.79. The lowest BCUT2D eigenvalue weighted by Crippen LogP contribution is -2.28. The molecule has 4 aromatic heterocycles. The van der Waals surface area contributed by atoms with Crippen LogP contribution in [0.2, 0.25) is 0 Å². The molecule has 0 aliphatic rings. The summed E-state index contributed by atoms with van der Waals surface area (Å²) in [6.45, 7) is 5.94. The first-order valence-electron chi connectivity index (χ1n) is 11.2. The van der Waals surface area contributed by atoms with Crippen molar-refractivity contribution in [1.29, 1.82) is 0 Å². The number of nitrogens with zero attached hydrogens (tertiary/aromatic N) is 5. The van der Waals surface area contributed by atoms with E-state index in [4.69, 9.17) is 15.6 Å². The molecule has 0 bridgehead atoms. The number of benzene rings is 1. The van der Waals surface area contributed by atoms with E-state index in [1.165, 1.54) is 9.08 Å². The van der Waals surface area contributed by atoms with Crippen LogP contribution < -0.4 is 21.1 Å². The van der Waals surface area contributed by atoms with Crippen LogP contribution in [-0.2, 0) is 6.54 Å². The molecule has 0 radical (unpaired) electrons. The van der Waals surface area contributed by atoms with Gasteiger partial charge in [-0.25, -0.2) is 9.78 Å². The predicted octanol–water partition coefficient (Wildman–Crippen LogP) is 3.00. The summed E-state index contributed by atoms with van der Waals surface area (Å²) < 4.78 is 8.14. The maximum atomic E-state index is 13.5. The first-order valence-corrected chi connectivity index (χ1v) is 11.2. The molecule has 0 unspecified atom stereocenters. The zero-order valence-electron chi connectivity index (χ0n) is 20.0. The smallest absolute Gasteiger partial charge is 0.411 e. The molecule has 35 heavy (non-hydrogen) atoms. The molecular weight excluding hydrogens is 442 g/mol. The fourth-order valence-electron chi connectivity index (χ4n) is 4.38. The SMILES string of the molecule is COc1cc(C)nc(Cn2nc3c(-c4cc(C)nc(C)c4)c(-c4ccccc4)[nH+]c(N)n3c2=O)c1. The lowest BCUT2D eigenvalue weighted by molar-refractivity contribution is -0.351. The highest BCUT2D eigenvalue weighted by Crippen LogP contribution is 2.33. The summed E-state index contributed by atoms with van der Waals surface area (Å²) in [5.41, 5.74) is 13.0. The molecule has 0 aliphatic carbocycles. The number of ether oxygens (including phenoxy) is 1. The third-order valence-corrected chi connectivity index (χ3v) is 5.77. The molecule has 1 aromatic carbocycles. The van der Waals surface area contributed by atoms with Crippen molar-refractivity contribution >= 4 is 11.6 Å². The molecule has 4 heterocycles. The topological polar surface area (TPSA) is 114 Å². The Morgan fingerprint density at radius 2 is 1.63 bits per heavy atom. The van der Waals surface area contributed by atoms with Crippen molar-refractivity contribution in [3.63, 3.8) is 0 Å². The minimum Gasteiger partial charge on any atom is -0.497 e. The number of nitrogens with two attached hydrogens (primary N) is 1. The number of aromatic amines is 1. The Hall–Kier alpha value is -4.53. The first-order chi connectivity index (χ1) is 16.8. The maximum absolute atomic E-state index is 13.5. The van der Waals surface area contributed by atoms with Gasteiger partial charge in [0.15, 0.2) is 0 Å². The second kappa shape index (κ2) is 8.68. The third kappa shape index (κ3) is 4.12. The third-order valence-electron chi connectivity index (χ3n) is 5.77. The van der Waals surface area contributed by atoms with E-state index in [2.05, 4.69) is 15.0 Å². The minimum absolute atomic E-state index is 0.173. The quantitative estimate of drug-likeness (QED) is 0.424. The van der Waals surface area contributed by atoms with Crippen molar-refractivity contribution in [2.75, 3.05) is 12.8 Å². The fraction of sp³-hybridized carbons (Fsp3) is 0.192. The van der Waals surface area contributed by atoms with Crippen LogP contribution in [-0.4, -0.2) is 31.3 Å². The summed E-state index contributed by atoms with van der Waals surface area (Å²) in [5.74, 6) is 0.864. The van der Waals surface area contributed by atoms with Crippen LogP contribution in [0, 0.1) is 20.8 Å². The van der Waals surface area contributed by atoms with E-state index in [9.17, 15) is 4.79 Å². The Bertz CT molecular complexity index is 1600. The molecule has 0 amide bonds. The number of nitrogens with one attached hydrogen (secondary N) is 1. The standard InChI is InChI=1S/C26H25N7O2/c1-15-10-19(11-16(2)28-15)22-23(18-8-6-5-7-9-18)30-25(27)33-24(22)31-32(26(33)34)14-20-13-21(35-4)12-17(3)29-20/h5-13H,14H2,1-4H3,(H2,27,30)/p+1. The highest BCUT2D eigenvalue weighted by molar-refractivity contribution is 5.88. The number of aromatic nitrogens is 6. The summed E-state index contributed by atoms with van der Waals surface area (Å²) in [6.07, 6.45) is 0. The van der Waals surface area contributed by atoms with Crippen LogP contribution in [0.4, 0.5) is 5.95 Å². The van der Waals surface area contributed by atoms with Gasteiger partial charge in [0, 0.05) is 34.8 Å². The number of aryl methyl sites for hydroxylation is 3. The van der Waals surface area contributed by atoms with Gasteiger partial charge in [0.1, 0.15) is 11.4 Å². The van der Waals surface area contributed by atoms with Gasteiger partial charge >= 0.3 is 11.6 Å². The first kappa shape index (κ1) is 22.3. The lowest BCUT2D eigenvalue weighted by atomic mass is 9.99. The van der Waals surface area contributed by atoms with Crippen molar-refractivity contribution in [3.8, 4) is 28.1 Å². The van der Waals surface area contributed by atoms with Gasteiger partial charge in [-0.2, -0.15) is 4.68 Å². The van der Waals surface area contributed by atoms with Gasteiger partial charge in [0.2, 0.25) is 5.65 Å². The zero-order valence-corrected chi connectivity index (χ0v) is 20.0. The molecule has 5 aromatic rings. The second-order valence-corrected chi connectivity index (χ2v) is 8.50. The average Bonchev–Trinajstić information content (AvgIpc) is 3.14. The minimum atomic E-state index is -0.362. The summed E-state index contributed by atoms with van der Waals surface area (Å²) in [6, 6.07) is 17.4. The van der Waals surface area contributed by atoms with Crippen LogP contribution in [0.3, 0.4) is 0 Å². The van der Waals surface area contributed by atoms with Gasteiger partial charge in [-0.05, 0) is 38.5 Å². The maximum Gasteiger partial charge on any atom is 0.411 e. The van der Waals surface area contributed by atoms with Crippen molar-refractivity contribution in [1.82, 2.24) is 24.1 Å². The summed E-state index contributed by atoms with van der Waals surface area (Å²) in [7, 11) is 1.60. The van der Waals surface area contributed by atoms with Crippen LogP contribution in [0.25, 0.3) is 28.0 Å². The van der Waals surface area contributed by atoms with Crippen LogP contribution in [0.1, 0.15) is 22.8 Å². The highest BCUT2D eigenvalue weighted by Gasteiger charge is 2.26. The van der Waals surface area contributed by atoms with Crippen LogP contribution >= 0.6 is 0 Å². The van der Waals surface area contributed by atoms with Gasteiger partial charge in [-0.15, -0.1) is 9.50 Å². The Labute approximate surface area is 201 Å². The molecule has 0 fully saturated rings. The molecule has 0 saturated carbocycles. The molecule has 0 spiro atoms. The normalized spacial score (nSPS) is 11.2. The van der Waals surface area contributed by atoms with Gasteiger partial charge in [0.25, 0.3) is 0 Å². The van der Waals surface area contributed by atoms with Crippen molar-refractivity contribution < 1.29 is 9.72 Å². The van der Waals surface area contributed by atoms with E-state index in [1.807, 2.05) is 69.3 Å². The number of methoxy groups -OCH3 is 1. The molecule has 0 saturated heterocycles. The number of pyridine rings is 2. The van der Waals surface area contributed by atoms with Crippen LogP contribution in [0.5, 0.6) is 5.75 Å². The van der Waals surface area contributed by atoms with E-state index >= 15 is 0 Å².